The van der Waals surface area contributed by atoms with Gasteiger partial charge < -0.3 is 10.1 Å². The topological polar surface area (TPSA) is 55.4 Å². The third-order valence-electron chi connectivity index (χ3n) is 14.4. The Kier molecular flexibility index (Phi) is 15.7. The van der Waals surface area contributed by atoms with Crippen molar-refractivity contribution in [1.29, 1.82) is 0 Å². The van der Waals surface area contributed by atoms with E-state index in [9.17, 15) is 9.59 Å². The highest BCUT2D eigenvalue weighted by Gasteiger charge is 2.59. The molecule has 0 bridgehead atoms. The van der Waals surface area contributed by atoms with E-state index in [0.717, 1.165) is 67.6 Å². The molecule has 0 aromatic carbocycles. The summed E-state index contributed by atoms with van der Waals surface area (Å²) >= 11 is 0. The van der Waals surface area contributed by atoms with Crippen LogP contribution in [0.4, 0.5) is 0 Å². The first-order chi connectivity index (χ1) is 23.4. The van der Waals surface area contributed by atoms with Gasteiger partial charge in [0.15, 0.2) is 0 Å². The van der Waals surface area contributed by atoms with E-state index in [1.807, 2.05) is 0 Å². The van der Waals surface area contributed by atoms with Gasteiger partial charge in [-0.2, -0.15) is 0 Å². The molecule has 1 N–H and O–H groups in total. The van der Waals surface area contributed by atoms with Crippen LogP contribution in [0.25, 0.3) is 0 Å². The molecule has 282 valence electrons. The number of hydrogen-bond donors (Lipinski definition) is 1. The molecule has 49 heavy (non-hydrogen) atoms. The Morgan fingerprint density at radius 1 is 0.816 bits per heavy atom. The average Bonchev–Trinajstić information content (AvgIpc) is 3.40. The fraction of sp³-hybridized carbons (Fsp3) is 0.911. The lowest BCUT2D eigenvalue weighted by Crippen LogP contribution is -2.51. The van der Waals surface area contributed by atoms with Gasteiger partial charge in [-0.15, -0.1) is 0 Å². The quantitative estimate of drug-likeness (QED) is 0.0790. The molecular weight excluding hydrogens is 602 g/mol. The highest BCUT2D eigenvalue weighted by Crippen LogP contribution is 2.67. The molecule has 3 fully saturated rings. The first-order valence-electron chi connectivity index (χ1n) is 21.6. The molecular formula is C45H79NO3. The van der Waals surface area contributed by atoms with E-state index in [2.05, 4.69) is 66.8 Å². The fourth-order valence-corrected chi connectivity index (χ4v) is 11.5. The van der Waals surface area contributed by atoms with Crippen molar-refractivity contribution in [3.63, 3.8) is 0 Å². The summed E-state index contributed by atoms with van der Waals surface area (Å²) in [5, 5.41) is 3.09. The normalized spacial score (nSPS) is 32.2. The molecule has 0 aliphatic heterocycles. The maximum absolute atomic E-state index is 13.6. The van der Waals surface area contributed by atoms with Crippen LogP contribution in [0.5, 0.6) is 0 Å². The van der Waals surface area contributed by atoms with Crippen molar-refractivity contribution in [3.05, 3.63) is 11.6 Å². The van der Waals surface area contributed by atoms with Gasteiger partial charge >= 0.3 is 5.97 Å². The number of fused-ring (bicyclic) bond motifs is 5. The number of hydrogen-bond acceptors (Lipinski definition) is 3. The monoisotopic (exact) mass is 682 g/mol. The van der Waals surface area contributed by atoms with E-state index in [1.54, 1.807) is 5.57 Å². The average molecular weight is 682 g/mol. The Balaban J connectivity index is 1.27. The number of rotatable bonds is 20. The lowest BCUT2D eigenvalue weighted by Gasteiger charge is -2.58. The van der Waals surface area contributed by atoms with Gasteiger partial charge in [0.1, 0.15) is 12.1 Å². The summed E-state index contributed by atoms with van der Waals surface area (Å²) in [6.07, 6.45) is 28.7. The van der Waals surface area contributed by atoms with Gasteiger partial charge in [-0.3, -0.25) is 4.79 Å². The predicted molar refractivity (Wildman–Crippen MR) is 206 cm³/mol. The molecule has 4 unspecified atom stereocenters. The standard InChI is InChI=1S/C45H79NO3/c1-9-10-11-12-13-14-15-16-17-21-42(47)46-41(30-33(4)5)43(48)49-36-26-28-44(7)35(31-36)22-23-37-39-25-24-38(34(6)20-18-19-32(2)3)45(39,8)29-27-40(37)44/h22,32-34,36-41H,9-21,23-31H2,1-8H3,(H,46,47)/t34-,36?,37?,38-,39?,40?,41+,44+,45-/m1/s1. The van der Waals surface area contributed by atoms with Crippen LogP contribution in [0, 0.1) is 52.3 Å². The molecule has 0 spiro atoms. The first kappa shape index (κ1) is 40.5. The zero-order chi connectivity index (χ0) is 35.6. The minimum atomic E-state index is -0.539. The van der Waals surface area contributed by atoms with Gasteiger partial charge in [0.2, 0.25) is 5.91 Å². The second kappa shape index (κ2) is 19.0. The van der Waals surface area contributed by atoms with Crippen LogP contribution in [0.3, 0.4) is 0 Å². The summed E-state index contributed by atoms with van der Waals surface area (Å²) in [6.45, 7) is 19.1. The lowest BCUT2D eigenvalue weighted by molar-refractivity contribution is -0.156. The Morgan fingerprint density at radius 3 is 2.18 bits per heavy atom. The summed E-state index contributed by atoms with van der Waals surface area (Å²) in [4.78, 5) is 26.5. The summed E-state index contributed by atoms with van der Waals surface area (Å²) in [5.74, 6) is 5.11. The van der Waals surface area contributed by atoms with Crippen LogP contribution in [0.15, 0.2) is 11.6 Å². The number of carbonyl (C=O) groups is 2. The van der Waals surface area contributed by atoms with Crippen LogP contribution in [0.1, 0.15) is 197 Å². The molecule has 4 aliphatic carbocycles. The molecule has 4 aliphatic rings. The number of ether oxygens (including phenoxy) is 1. The summed E-state index contributed by atoms with van der Waals surface area (Å²) in [6, 6.07) is -0.539. The van der Waals surface area contributed by atoms with E-state index in [1.165, 1.54) is 96.3 Å². The molecule has 4 rings (SSSR count). The maximum Gasteiger partial charge on any atom is 0.328 e. The van der Waals surface area contributed by atoms with Crippen LogP contribution in [0.2, 0.25) is 0 Å². The van der Waals surface area contributed by atoms with Crippen LogP contribution < -0.4 is 5.32 Å². The van der Waals surface area contributed by atoms with E-state index in [-0.39, 0.29) is 23.4 Å². The van der Waals surface area contributed by atoms with E-state index in [0.29, 0.717) is 24.2 Å². The Morgan fingerprint density at radius 2 is 1.51 bits per heavy atom. The second-order valence-corrected chi connectivity index (χ2v) is 18.9. The van der Waals surface area contributed by atoms with Crippen LogP contribution in [-0.4, -0.2) is 24.0 Å². The van der Waals surface area contributed by atoms with Crippen molar-refractivity contribution in [2.24, 2.45) is 52.3 Å². The summed E-state index contributed by atoms with van der Waals surface area (Å²) in [5.41, 5.74) is 2.32. The van der Waals surface area contributed by atoms with Crippen molar-refractivity contribution in [3.8, 4) is 0 Å². The number of unbranched alkanes of at least 4 members (excludes halogenated alkanes) is 8. The molecule has 3 saturated carbocycles. The molecule has 1 amide bonds. The zero-order valence-corrected chi connectivity index (χ0v) is 33.6. The number of amides is 1. The Hall–Kier alpha value is -1.32. The SMILES string of the molecule is CCCCCCCCCCCC(=O)N[C@@H](CC(C)C)C(=O)OC1CC[C@@]2(C)C(=CCC3C2CC[C@@]2(C)C3CC[C@@H]2[C@H](C)CCCC(C)C)C1. The van der Waals surface area contributed by atoms with Gasteiger partial charge in [0.25, 0.3) is 0 Å². The largest absolute Gasteiger partial charge is 0.461 e. The summed E-state index contributed by atoms with van der Waals surface area (Å²) in [7, 11) is 0. The molecule has 0 radical (unpaired) electrons. The number of allylic oxidation sites excluding steroid dienone is 1. The maximum atomic E-state index is 13.6. The van der Waals surface area contributed by atoms with Crippen molar-refractivity contribution in [2.45, 2.75) is 209 Å². The smallest absolute Gasteiger partial charge is 0.328 e. The predicted octanol–water partition coefficient (Wildman–Crippen LogP) is 12.4. The summed E-state index contributed by atoms with van der Waals surface area (Å²) < 4.78 is 6.26. The minimum absolute atomic E-state index is 0.00574. The van der Waals surface area contributed by atoms with Crippen molar-refractivity contribution < 1.29 is 14.3 Å². The second-order valence-electron chi connectivity index (χ2n) is 18.9. The van der Waals surface area contributed by atoms with Crippen LogP contribution >= 0.6 is 0 Å². The van der Waals surface area contributed by atoms with Gasteiger partial charge in [-0.25, -0.2) is 4.79 Å². The van der Waals surface area contributed by atoms with E-state index < -0.39 is 6.04 Å². The minimum Gasteiger partial charge on any atom is -0.461 e. The molecule has 4 heteroatoms. The lowest BCUT2D eigenvalue weighted by atomic mass is 9.47. The third kappa shape index (κ3) is 10.6. The highest BCUT2D eigenvalue weighted by molar-refractivity contribution is 5.84. The van der Waals surface area contributed by atoms with Crippen LogP contribution in [-0.2, 0) is 14.3 Å². The fourth-order valence-electron chi connectivity index (χ4n) is 11.5. The van der Waals surface area contributed by atoms with Gasteiger partial charge in [-0.1, -0.05) is 138 Å². The van der Waals surface area contributed by atoms with E-state index >= 15 is 0 Å². The zero-order valence-electron chi connectivity index (χ0n) is 33.6. The molecule has 0 heterocycles. The molecule has 0 aromatic heterocycles. The molecule has 0 aromatic rings. The molecule has 9 atom stereocenters. The molecule has 4 nitrogen and oxygen atoms in total. The number of carbonyl (C=O) groups excluding carboxylic acids is 2. The molecule has 0 saturated heterocycles. The van der Waals surface area contributed by atoms with E-state index in [4.69, 9.17) is 4.74 Å². The van der Waals surface area contributed by atoms with Crippen molar-refractivity contribution in [1.82, 2.24) is 5.32 Å². The number of esters is 1. The van der Waals surface area contributed by atoms with Crippen molar-refractivity contribution in [2.75, 3.05) is 0 Å². The number of nitrogens with one attached hydrogen (secondary N) is 1. The van der Waals surface area contributed by atoms with Gasteiger partial charge in [-0.05, 0) is 110 Å². The third-order valence-corrected chi connectivity index (χ3v) is 14.4. The Bertz CT molecular complexity index is 1060. The van der Waals surface area contributed by atoms with Gasteiger partial charge in [0.05, 0.1) is 0 Å². The first-order valence-corrected chi connectivity index (χ1v) is 21.6. The van der Waals surface area contributed by atoms with Gasteiger partial charge in [0, 0.05) is 12.8 Å². The Labute approximate surface area is 303 Å². The van der Waals surface area contributed by atoms with Crippen molar-refractivity contribution >= 4 is 11.9 Å². The highest BCUT2D eigenvalue weighted by atomic mass is 16.5.